The molecule has 0 amide bonds. The Balaban J connectivity index is 2.64. The molecule has 0 aliphatic rings. The van der Waals surface area contributed by atoms with Gasteiger partial charge in [0, 0.05) is 12.6 Å². The molecule has 0 spiro atoms. The Labute approximate surface area is 84.7 Å². The van der Waals surface area contributed by atoms with Gasteiger partial charge in [-0.05, 0) is 20.8 Å². The zero-order valence-electron chi connectivity index (χ0n) is 9.16. The largest absolute Gasteiger partial charge is 0.378 e. The van der Waals surface area contributed by atoms with Crippen molar-refractivity contribution in [3.05, 3.63) is 18.1 Å². The molecule has 0 unspecified atom stereocenters. The molecule has 0 atom stereocenters. The highest BCUT2D eigenvalue weighted by atomic mass is 16.5. The SMILES string of the molecule is COCc1cnc(NC(C)(C)C)cn1. The second-order valence-electron chi connectivity index (χ2n) is 4.20. The van der Waals surface area contributed by atoms with E-state index in [0.717, 1.165) is 11.5 Å². The third-order valence-electron chi connectivity index (χ3n) is 1.50. The van der Waals surface area contributed by atoms with E-state index in [-0.39, 0.29) is 5.54 Å². The topological polar surface area (TPSA) is 47.0 Å². The Morgan fingerprint density at radius 2 is 2.00 bits per heavy atom. The van der Waals surface area contributed by atoms with Crippen molar-refractivity contribution in [1.29, 1.82) is 0 Å². The fraction of sp³-hybridized carbons (Fsp3) is 0.600. The number of ether oxygens (including phenoxy) is 1. The molecule has 1 N–H and O–H groups in total. The second-order valence-corrected chi connectivity index (χ2v) is 4.20. The van der Waals surface area contributed by atoms with Crippen LogP contribution in [0.15, 0.2) is 12.4 Å². The van der Waals surface area contributed by atoms with Gasteiger partial charge in [-0.25, -0.2) is 4.98 Å². The smallest absolute Gasteiger partial charge is 0.144 e. The quantitative estimate of drug-likeness (QED) is 0.799. The lowest BCUT2D eigenvalue weighted by molar-refractivity contribution is 0.181. The summed E-state index contributed by atoms with van der Waals surface area (Å²) in [7, 11) is 1.64. The summed E-state index contributed by atoms with van der Waals surface area (Å²) >= 11 is 0. The molecule has 4 heteroatoms. The highest BCUT2D eigenvalue weighted by molar-refractivity contribution is 5.33. The first-order valence-electron chi connectivity index (χ1n) is 4.59. The van der Waals surface area contributed by atoms with Crippen molar-refractivity contribution < 1.29 is 4.74 Å². The van der Waals surface area contributed by atoms with Crippen molar-refractivity contribution in [2.45, 2.75) is 32.9 Å². The van der Waals surface area contributed by atoms with Crippen LogP contribution in [0, 0.1) is 0 Å². The lowest BCUT2D eigenvalue weighted by atomic mass is 10.1. The van der Waals surface area contributed by atoms with Gasteiger partial charge in [-0.1, -0.05) is 0 Å². The molecule has 0 aliphatic heterocycles. The molecule has 14 heavy (non-hydrogen) atoms. The molecule has 0 saturated carbocycles. The maximum absolute atomic E-state index is 4.95. The Hall–Kier alpha value is -1.16. The average molecular weight is 195 g/mol. The summed E-state index contributed by atoms with van der Waals surface area (Å²) in [6, 6.07) is 0. The molecule has 1 rings (SSSR count). The first kappa shape index (κ1) is 10.9. The summed E-state index contributed by atoms with van der Waals surface area (Å²) in [6.07, 6.45) is 3.44. The van der Waals surface area contributed by atoms with Crippen molar-refractivity contribution in [2.75, 3.05) is 12.4 Å². The fourth-order valence-electron chi connectivity index (χ4n) is 1.03. The van der Waals surface area contributed by atoms with Gasteiger partial charge in [-0.2, -0.15) is 0 Å². The standard InChI is InChI=1S/C10H17N3O/c1-10(2,3)13-9-6-11-8(5-12-9)7-14-4/h5-6H,7H2,1-4H3,(H,12,13). The molecule has 1 aromatic heterocycles. The van der Waals surface area contributed by atoms with Gasteiger partial charge in [-0.15, -0.1) is 0 Å². The van der Waals surface area contributed by atoms with Crippen LogP contribution in [0.5, 0.6) is 0 Å². The molecule has 0 aromatic carbocycles. The highest BCUT2D eigenvalue weighted by Crippen LogP contribution is 2.10. The van der Waals surface area contributed by atoms with Crippen molar-refractivity contribution in [3.8, 4) is 0 Å². The Morgan fingerprint density at radius 1 is 1.29 bits per heavy atom. The van der Waals surface area contributed by atoms with Gasteiger partial charge in [0.25, 0.3) is 0 Å². The van der Waals surface area contributed by atoms with E-state index in [2.05, 4.69) is 36.1 Å². The van der Waals surface area contributed by atoms with E-state index in [1.165, 1.54) is 0 Å². The van der Waals surface area contributed by atoms with E-state index >= 15 is 0 Å². The number of nitrogens with zero attached hydrogens (tertiary/aromatic N) is 2. The zero-order chi connectivity index (χ0) is 10.6. The molecular formula is C10H17N3O. The molecule has 0 fully saturated rings. The lowest BCUT2D eigenvalue weighted by Gasteiger charge is -2.20. The first-order valence-corrected chi connectivity index (χ1v) is 4.59. The third kappa shape index (κ3) is 3.70. The van der Waals surface area contributed by atoms with Crippen molar-refractivity contribution >= 4 is 5.82 Å². The van der Waals surface area contributed by atoms with Crippen molar-refractivity contribution in [3.63, 3.8) is 0 Å². The van der Waals surface area contributed by atoms with Gasteiger partial charge >= 0.3 is 0 Å². The van der Waals surface area contributed by atoms with Crippen LogP contribution in [0.25, 0.3) is 0 Å². The maximum atomic E-state index is 4.95. The molecule has 1 heterocycles. The normalized spacial score (nSPS) is 11.4. The molecule has 0 bridgehead atoms. The summed E-state index contributed by atoms with van der Waals surface area (Å²) in [5.41, 5.74) is 0.851. The number of hydrogen-bond donors (Lipinski definition) is 1. The van der Waals surface area contributed by atoms with E-state index in [9.17, 15) is 0 Å². The minimum absolute atomic E-state index is 0.0114. The van der Waals surface area contributed by atoms with Crippen LogP contribution in [0.2, 0.25) is 0 Å². The number of hydrogen-bond acceptors (Lipinski definition) is 4. The molecule has 0 saturated heterocycles. The molecular weight excluding hydrogens is 178 g/mol. The fourth-order valence-corrected chi connectivity index (χ4v) is 1.03. The van der Waals surface area contributed by atoms with Crippen LogP contribution in [-0.2, 0) is 11.3 Å². The van der Waals surface area contributed by atoms with Gasteiger partial charge in [0.2, 0.25) is 0 Å². The van der Waals surface area contributed by atoms with E-state index in [1.807, 2.05) is 0 Å². The van der Waals surface area contributed by atoms with Gasteiger partial charge in [0.05, 0.1) is 24.7 Å². The van der Waals surface area contributed by atoms with E-state index in [4.69, 9.17) is 4.74 Å². The average Bonchev–Trinajstić information content (AvgIpc) is 2.06. The zero-order valence-corrected chi connectivity index (χ0v) is 9.16. The van der Waals surface area contributed by atoms with Crippen molar-refractivity contribution in [1.82, 2.24) is 9.97 Å². The van der Waals surface area contributed by atoms with Gasteiger partial charge < -0.3 is 10.1 Å². The number of methoxy groups -OCH3 is 1. The Morgan fingerprint density at radius 3 is 2.43 bits per heavy atom. The van der Waals surface area contributed by atoms with Crippen LogP contribution >= 0.6 is 0 Å². The minimum atomic E-state index is 0.0114. The van der Waals surface area contributed by atoms with Crippen LogP contribution < -0.4 is 5.32 Å². The summed E-state index contributed by atoms with van der Waals surface area (Å²) in [4.78, 5) is 8.43. The number of nitrogens with one attached hydrogen (secondary N) is 1. The van der Waals surface area contributed by atoms with Crippen LogP contribution in [-0.4, -0.2) is 22.6 Å². The summed E-state index contributed by atoms with van der Waals surface area (Å²) in [5.74, 6) is 0.789. The number of rotatable bonds is 3. The predicted octanol–water partition coefficient (Wildman–Crippen LogP) is 1.83. The predicted molar refractivity (Wildman–Crippen MR) is 56.1 cm³/mol. The Kier molecular flexibility index (Phi) is 3.41. The second kappa shape index (κ2) is 4.37. The van der Waals surface area contributed by atoms with Gasteiger partial charge in [0.1, 0.15) is 5.82 Å². The maximum Gasteiger partial charge on any atom is 0.144 e. The van der Waals surface area contributed by atoms with Crippen molar-refractivity contribution in [2.24, 2.45) is 0 Å². The summed E-state index contributed by atoms with van der Waals surface area (Å²) in [6.45, 7) is 6.75. The summed E-state index contributed by atoms with van der Waals surface area (Å²) < 4.78 is 4.95. The molecule has 1 aromatic rings. The van der Waals surface area contributed by atoms with E-state index in [1.54, 1.807) is 19.5 Å². The van der Waals surface area contributed by atoms with Gasteiger partial charge in [-0.3, -0.25) is 4.98 Å². The lowest BCUT2D eigenvalue weighted by Crippen LogP contribution is -2.26. The monoisotopic (exact) mass is 195 g/mol. The van der Waals surface area contributed by atoms with Gasteiger partial charge in [0.15, 0.2) is 0 Å². The third-order valence-corrected chi connectivity index (χ3v) is 1.50. The first-order chi connectivity index (χ1) is 6.51. The van der Waals surface area contributed by atoms with Crippen LogP contribution in [0.4, 0.5) is 5.82 Å². The van der Waals surface area contributed by atoms with E-state index < -0.39 is 0 Å². The molecule has 0 radical (unpaired) electrons. The number of anilines is 1. The molecule has 0 aliphatic carbocycles. The van der Waals surface area contributed by atoms with Crippen LogP contribution in [0.1, 0.15) is 26.5 Å². The molecule has 78 valence electrons. The highest BCUT2D eigenvalue weighted by Gasteiger charge is 2.09. The Bertz CT molecular complexity index is 276. The number of aromatic nitrogens is 2. The molecule has 4 nitrogen and oxygen atoms in total. The minimum Gasteiger partial charge on any atom is -0.378 e. The van der Waals surface area contributed by atoms with Crippen LogP contribution in [0.3, 0.4) is 0 Å². The summed E-state index contributed by atoms with van der Waals surface area (Å²) in [5, 5.41) is 3.24. The van der Waals surface area contributed by atoms with E-state index in [0.29, 0.717) is 6.61 Å².